The lowest BCUT2D eigenvalue weighted by Gasteiger charge is -2.22. The van der Waals surface area contributed by atoms with Gasteiger partial charge < -0.3 is 19.5 Å². The minimum Gasteiger partial charge on any atom is -0.487 e. The molecule has 126 valence electrons. The third-order valence-electron chi connectivity index (χ3n) is 4.02. The van der Waals surface area contributed by atoms with Crippen LogP contribution >= 0.6 is 0 Å². The molecule has 0 bridgehead atoms. The van der Waals surface area contributed by atoms with Crippen LogP contribution in [-0.2, 0) is 11.8 Å². The van der Waals surface area contributed by atoms with E-state index in [1.54, 1.807) is 55.6 Å². The van der Waals surface area contributed by atoms with Crippen molar-refractivity contribution in [1.82, 2.24) is 24.8 Å². The van der Waals surface area contributed by atoms with Crippen molar-refractivity contribution in [2.24, 2.45) is 7.05 Å². The minimum atomic E-state index is -0.583. The summed E-state index contributed by atoms with van der Waals surface area (Å²) in [7, 11) is 3.30. The van der Waals surface area contributed by atoms with E-state index in [4.69, 9.17) is 4.74 Å². The summed E-state index contributed by atoms with van der Waals surface area (Å²) in [5.41, 5.74) is 0. The second-order valence-corrected chi connectivity index (χ2v) is 5.61. The predicted octanol–water partition coefficient (Wildman–Crippen LogP) is 0.223. The molecule has 0 aliphatic carbocycles. The summed E-state index contributed by atoms with van der Waals surface area (Å²) < 4.78 is 7.50. The van der Waals surface area contributed by atoms with Gasteiger partial charge >= 0.3 is 0 Å². The number of carbonyl (C=O) groups is 2. The number of rotatable bonds is 4. The highest BCUT2D eigenvalue weighted by molar-refractivity contribution is 5.95. The smallest absolute Gasteiger partial charge is 0.290 e. The van der Waals surface area contributed by atoms with E-state index in [-0.39, 0.29) is 17.9 Å². The number of pyridine rings is 1. The summed E-state index contributed by atoms with van der Waals surface area (Å²) in [5, 5.41) is 2.61. The largest absolute Gasteiger partial charge is 0.487 e. The molecule has 8 heteroatoms. The van der Waals surface area contributed by atoms with Gasteiger partial charge in [-0.1, -0.05) is 0 Å². The molecule has 0 spiro atoms. The molecule has 1 fully saturated rings. The molecule has 3 rings (SSSR count). The summed E-state index contributed by atoms with van der Waals surface area (Å²) in [4.78, 5) is 34.5. The quantitative estimate of drug-likeness (QED) is 0.867. The number of aromatic nitrogens is 3. The molecule has 0 unspecified atom stereocenters. The molecule has 2 aromatic heterocycles. The Labute approximate surface area is 139 Å². The van der Waals surface area contributed by atoms with Gasteiger partial charge in [0.15, 0.2) is 5.82 Å². The fourth-order valence-electron chi connectivity index (χ4n) is 2.83. The fraction of sp³-hybridized carbons (Fsp3) is 0.375. The number of nitrogens with zero attached hydrogens (tertiary/aromatic N) is 4. The lowest BCUT2D eigenvalue weighted by molar-refractivity contribution is -0.124. The molecular formula is C16H19N5O3. The van der Waals surface area contributed by atoms with Gasteiger partial charge in [0.25, 0.3) is 5.91 Å². The molecule has 0 saturated carbocycles. The first-order chi connectivity index (χ1) is 11.6. The monoisotopic (exact) mass is 329 g/mol. The van der Waals surface area contributed by atoms with Gasteiger partial charge in [-0.15, -0.1) is 0 Å². The summed E-state index contributed by atoms with van der Waals surface area (Å²) in [6, 6.07) is 2.99. The number of hydrogen-bond donors (Lipinski definition) is 1. The first-order valence-electron chi connectivity index (χ1n) is 7.66. The average molecular weight is 329 g/mol. The third-order valence-corrected chi connectivity index (χ3v) is 4.02. The number of aryl methyl sites for hydroxylation is 1. The SMILES string of the molecule is CNC(=O)[C@@H]1C[C@H](Oc2cccnc2)CN1C(=O)c1nccn1C. The second kappa shape index (κ2) is 6.69. The van der Waals surface area contributed by atoms with Crippen molar-refractivity contribution < 1.29 is 14.3 Å². The van der Waals surface area contributed by atoms with Crippen LogP contribution in [0.25, 0.3) is 0 Å². The molecule has 1 aliphatic rings. The first-order valence-corrected chi connectivity index (χ1v) is 7.66. The lowest BCUT2D eigenvalue weighted by atomic mass is 10.2. The molecule has 8 nitrogen and oxygen atoms in total. The van der Waals surface area contributed by atoms with Crippen molar-refractivity contribution in [1.29, 1.82) is 0 Å². The van der Waals surface area contributed by atoms with Crippen LogP contribution in [0.1, 0.15) is 17.0 Å². The predicted molar refractivity (Wildman–Crippen MR) is 85.4 cm³/mol. The Bertz CT molecular complexity index is 730. The molecule has 2 amide bonds. The van der Waals surface area contributed by atoms with E-state index in [2.05, 4.69) is 15.3 Å². The van der Waals surface area contributed by atoms with E-state index in [0.717, 1.165) is 0 Å². The van der Waals surface area contributed by atoms with E-state index in [1.807, 2.05) is 0 Å². The van der Waals surface area contributed by atoms with Gasteiger partial charge in [-0.25, -0.2) is 4.98 Å². The van der Waals surface area contributed by atoms with Crippen molar-refractivity contribution in [3.05, 3.63) is 42.7 Å². The molecule has 2 aromatic rings. The van der Waals surface area contributed by atoms with Gasteiger partial charge in [-0.3, -0.25) is 14.6 Å². The van der Waals surface area contributed by atoms with Crippen molar-refractivity contribution in [3.63, 3.8) is 0 Å². The van der Waals surface area contributed by atoms with Gasteiger partial charge in [-0.2, -0.15) is 0 Å². The molecule has 3 heterocycles. The Balaban J connectivity index is 1.79. The molecule has 24 heavy (non-hydrogen) atoms. The second-order valence-electron chi connectivity index (χ2n) is 5.61. The standard InChI is InChI=1S/C16H19N5O3/c1-17-15(22)13-8-12(24-11-4-3-5-18-9-11)10-21(13)16(23)14-19-6-7-20(14)2/h3-7,9,12-13H,8,10H2,1-2H3,(H,17,22)/t12-,13-/m0/s1. The van der Waals surface area contributed by atoms with Crippen molar-refractivity contribution in [2.45, 2.75) is 18.6 Å². The van der Waals surface area contributed by atoms with Crippen LogP contribution < -0.4 is 10.1 Å². The van der Waals surface area contributed by atoms with E-state index in [9.17, 15) is 9.59 Å². The number of imidazole rings is 1. The molecule has 0 radical (unpaired) electrons. The highest BCUT2D eigenvalue weighted by Crippen LogP contribution is 2.24. The fourth-order valence-corrected chi connectivity index (χ4v) is 2.83. The van der Waals surface area contributed by atoms with Gasteiger partial charge in [0.2, 0.25) is 5.91 Å². The maximum atomic E-state index is 12.8. The normalized spacial score (nSPS) is 20.0. The third kappa shape index (κ3) is 3.08. The molecule has 1 aliphatic heterocycles. The minimum absolute atomic E-state index is 0.213. The number of likely N-dealkylation sites (N-methyl/N-ethyl adjacent to an activating group) is 1. The molecular weight excluding hydrogens is 310 g/mol. The number of amides is 2. The Morgan fingerprint density at radius 1 is 1.38 bits per heavy atom. The molecule has 1 N–H and O–H groups in total. The maximum absolute atomic E-state index is 12.8. The highest BCUT2D eigenvalue weighted by Gasteiger charge is 2.41. The van der Waals surface area contributed by atoms with Crippen LogP contribution in [0.3, 0.4) is 0 Å². The van der Waals surface area contributed by atoms with Gasteiger partial charge in [0, 0.05) is 39.1 Å². The van der Waals surface area contributed by atoms with Crippen molar-refractivity contribution in [2.75, 3.05) is 13.6 Å². The van der Waals surface area contributed by atoms with E-state index >= 15 is 0 Å². The summed E-state index contributed by atoms with van der Waals surface area (Å²) in [5.74, 6) is 0.415. The zero-order chi connectivity index (χ0) is 17.1. The van der Waals surface area contributed by atoms with Crippen molar-refractivity contribution >= 4 is 11.8 Å². The van der Waals surface area contributed by atoms with Crippen LogP contribution in [0.15, 0.2) is 36.9 Å². The number of hydrogen-bond acceptors (Lipinski definition) is 5. The van der Waals surface area contributed by atoms with Crippen LogP contribution in [-0.4, -0.2) is 57.0 Å². The van der Waals surface area contributed by atoms with Gasteiger partial charge in [0.1, 0.15) is 17.9 Å². The average Bonchev–Trinajstić information content (AvgIpc) is 3.21. The number of likely N-dealkylation sites (tertiary alicyclic amines) is 1. The Kier molecular flexibility index (Phi) is 4.45. The summed E-state index contributed by atoms with van der Waals surface area (Å²) in [6.45, 7) is 0.318. The van der Waals surface area contributed by atoms with Crippen molar-refractivity contribution in [3.8, 4) is 5.75 Å². The zero-order valence-corrected chi connectivity index (χ0v) is 13.5. The summed E-state index contributed by atoms with van der Waals surface area (Å²) in [6.07, 6.45) is 6.67. The van der Waals surface area contributed by atoms with E-state index in [1.165, 1.54) is 4.90 Å². The maximum Gasteiger partial charge on any atom is 0.290 e. The highest BCUT2D eigenvalue weighted by atomic mass is 16.5. The number of ether oxygens (including phenoxy) is 1. The van der Waals surface area contributed by atoms with Gasteiger partial charge in [0.05, 0.1) is 12.7 Å². The first kappa shape index (κ1) is 16.0. The summed E-state index contributed by atoms with van der Waals surface area (Å²) >= 11 is 0. The Morgan fingerprint density at radius 3 is 2.83 bits per heavy atom. The van der Waals surface area contributed by atoms with E-state index < -0.39 is 6.04 Å². The topological polar surface area (TPSA) is 89.3 Å². The van der Waals surface area contributed by atoms with Crippen LogP contribution in [0.4, 0.5) is 0 Å². The van der Waals surface area contributed by atoms with Crippen LogP contribution in [0.5, 0.6) is 5.75 Å². The van der Waals surface area contributed by atoms with Crippen LogP contribution in [0, 0.1) is 0 Å². The molecule has 2 atom stereocenters. The van der Waals surface area contributed by atoms with Gasteiger partial charge in [-0.05, 0) is 12.1 Å². The molecule has 1 saturated heterocycles. The van der Waals surface area contributed by atoms with E-state index in [0.29, 0.717) is 24.5 Å². The Morgan fingerprint density at radius 2 is 2.21 bits per heavy atom. The number of carbonyl (C=O) groups excluding carboxylic acids is 2. The Hall–Kier alpha value is -2.90. The number of nitrogens with one attached hydrogen (secondary N) is 1. The zero-order valence-electron chi connectivity index (χ0n) is 13.5. The molecule has 0 aromatic carbocycles. The van der Waals surface area contributed by atoms with Crippen LogP contribution in [0.2, 0.25) is 0 Å². The lowest BCUT2D eigenvalue weighted by Crippen LogP contribution is -2.45.